The number of nitrogens with zero attached hydrogens (tertiary/aromatic N) is 2. The predicted molar refractivity (Wildman–Crippen MR) is 104 cm³/mol. The summed E-state index contributed by atoms with van der Waals surface area (Å²) in [6.07, 6.45) is 6.17. The van der Waals surface area contributed by atoms with Crippen LogP contribution >= 0.6 is 11.3 Å². The number of hydrogen-bond donors (Lipinski definition) is 3. The highest BCUT2D eigenvalue weighted by Crippen LogP contribution is 2.35. The van der Waals surface area contributed by atoms with Crippen LogP contribution in [0.15, 0.2) is 6.07 Å². The highest BCUT2D eigenvalue weighted by Gasteiger charge is 2.22. The van der Waals surface area contributed by atoms with Gasteiger partial charge in [0.15, 0.2) is 0 Å². The zero-order valence-corrected chi connectivity index (χ0v) is 16.2. The molecule has 8 heteroatoms. The van der Waals surface area contributed by atoms with Gasteiger partial charge in [-0.1, -0.05) is 19.3 Å². The fraction of sp³-hybridized carbons (Fsp3) is 0.611. The summed E-state index contributed by atoms with van der Waals surface area (Å²) in [5.74, 6) is -0.133. The molecule has 0 radical (unpaired) electrons. The second-order valence-electron chi connectivity index (χ2n) is 6.76. The van der Waals surface area contributed by atoms with Crippen molar-refractivity contribution in [2.75, 3.05) is 26.7 Å². The fourth-order valence-electron chi connectivity index (χ4n) is 3.40. The molecule has 0 atom stereocenters. The summed E-state index contributed by atoms with van der Waals surface area (Å²) in [7, 11) is 1.60. The molecule has 3 N–H and O–H groups in total. The van der Waals surface area contributed by atoms with E-state index in [-0.39, 0.29) is 18.4 Å². The van der Waals surface area contributed by atoms with E-state index < -0.39 is 0 Å². The van der Waals surface area contributed by atoms with Crippen LogP contribution in [-0.2, 0) is 4.79 Å². The van der Waals surface area contributed by atoms with Crippen molar-refractivity contribution in [1.82, 2.24) is 25.7 Å². The van der Waals surface area contributed by atoms with Gasteiger partial charge < -0.3 is 16.0 Å². The molecule has 26 heavy (non-hydrogen) atoms. The number of carbonyl (C=O) groups excluding carboxylic acids is 2. The Morgan fingerprint density at radius 2 is 2.04 bits per heavy atom. The van der Waals surface area contributed by atoms with Crippen molar-refractivity contribution >= 4 is 33.4 Å². The molecule has 1 aliphatic carbocycles. The molecule has 3 rings (SSSR count). The molecule has 2 heterocycles. The molecule has 0 spiro atoms. The molecule has 0 saturated heterocycles. The predicted octanol–water partition coefficient (Wildman–Crippen LogP) is 1.98. The summed E-state index contributed by atoms with van der Waals surface area (Å²) in [5.41, 5.74) is 0.994. The van der Waals surface area contributed by atoms with Gasteiger partial charge in [-0.2, -0.15) is 5.10 Å². The monoisotopic (exact) mass is 377 g/mol. The second-order valence-corrected chi connectivity index (χ2v) is 7.79. The first-order valence-electron chi connectivity index (χ1n) is 9.28. The van der Waals surface area contributed by atoms with E-state index in [0.29, 0.717) is 19.1 Å². The van der Waals surface area contributed by atoms with Crippen LogP contribution in [0.3, 0.4) is 0 Å². The first-order valence-corrected chi connectivity index (χ1v) is 10.1. The van der Waals surface area contributed by atoms with Gasteiger partial charge in [0.2, 0.25) is 5.91 Å². The molecule has 2 aromatic rings. The number of likely N-dealkylation sites (N-methyl/N-ethyl adjacent to an activating group) is 1. The number of aromatic nitrogens is 2. The van der Waals surface area contributed by atoms with Crippen molar-refractivity contribution in [3.05, 3.63) is 16.6 Å². The number of amides is 2. The summed E-state index contributed by atoms with van der Waals surface area (Å²) >= 11 is 1.52. The normalized spacial score (nSPS) is 15.3. The smallest absolute Gasteiger partial charge is 0.261 e. The average molecular weight is 378 g/mol. The maximum Gasteiger partial charge on any atom is 0.261 e. The molecule has 0 aliphatic heterocycles. The minimum atomic E-state index is -0.0671. The van der Waals surface area contributed by atoms with Gasteiger partial charge in [0.05, 0.1) is 23.2 Å². The van der Waals surface area contributed by atoms with E-state index >= 15 is 0 Å². The Balaban J connectivity index is 1.61. The summed E-state index contributed by atoms with van der Waals surface area (Å²) < 4.78 is 2.15. The largest absolute Gasteiger partial charge is 0.358 e. The first-order chi connectivity index (χ1) is 12.6. The Bertz CT molecular complexity index is 776. The number of rotatable bonds is 7. The standard InChI is InChI=1S/C18H27N5O2S/c1-12-14-10-15(17(25)21-9-8-20-11-16(24)19-2)26-18(14)23(22-12)13-6-4-3-5-7-13/h10,13,20H,3-9,11H2,1-2H3,(H,19,24)(H,21,25). The molecule has 1 fully saturated rings. The van der Waals surface area contributed by atoms with Gasteiger partial charge in [0, 0.05) is 25.5 Å². The van der Waals surface area contributed by atoms with E-state index in [9.17, 15) is 9.59 Å². The van der Waals surface area contributed by atoms with E-state index in [1.807, 2.05) is 13.0 Å². The Morgan fingerprint density at radius 1 is 1.27 bits per heavy atom. The molecule has 2 amide bonds. The topological polar surface area (TPSA) is 88.1 Å². The lowest BCUT2D eigenvalue weighted by Crippen LogP contribution is -2.36. The lowest BCUT2D eigenvalue weighted by atomic mass is 9.96. The molecule has 0 aromatic carbocycles. The van der Waals surface area contributed by atoms with Crippen molar-refractivity contribution in [2.45, 2.75) is 45.1 Å². The summed E-state index contributed by atoms with van der Waals surface area (Å²) in [6.45, 7) is 3.31. The maximum absolute atomic E-state index is 12.4. The number of thiophene rings is 1. The Labute approximate surface area is 157 Å². The number of hydrogen-bond acceptors (Lipinski definition) is 5. The van der Waals surface area contributed by atoms with Gasteiger partial charge in [-0.25, -0.2) is 0 Å². The molecule has 1 saturated carbocycles. The molecule has 7 nitrogen and oxygen atoms in total. The van der Waals surface area contributed by atoms with Crippen molar-refractivity contribution in [3.63, 3.8) is 0 Å². The molecular weight excluding hydrogens is 350 g/mol. The van der Waals surface area contributed by atoms with Gasteiger partial charge in [0.25, 0.3) is 5.91 Å². The third-order valence-corrected chi connectivity index (χ3v) is 5.99. The van der Waals surface area contributed by atoms with Gasteiger partial charge in [-0.3, -0.25) is 14.3 Å². The van der Waals surface area contributed by atoms with E-state index in [1.54, 1.807) is 7.05 Å². The number of fused-ring (bicyclic) bond motifs is 1. The van der Waals surface area contributed by atoms with Crippen LogP contribution in [0.5, 0.6) is 0 Å². The number of carbonyl (C=O) groups is 2. The molecule has 1 aliphatic rings. The Kier molecular flexibility index (Phi) is 6.26. The highest BCUT2D eigenvalue weighted by molar-refractivity contribution is 7.20. The van der Waals surface area contributed by atoms with Crippen LogP contribution in [0.4, 0.5) is 0 Å². The van der Waals surface area contributed by atoms with Gasteiger partial charge in [-0.15, -0.1) is 11.3 Å². The summed E-state index contributed by atoms with van der Waals surface area (Å²) in [4.78, 5) is 25.4. The third-order valence-electron chi connectivity index (χ3n) is 4.86. The van der Waals surface area contributed by atoms with Crippen LogP contribution in [-0.4, -0.2) is 48.3 Å². The van der Waals surface area contributed by atoms with E-state index in [4.69, 9.17) is 5.10 Å². The van der Waals surface area contributed by atoms with Gasteiger partial charge >= 0.3 is 0 Å². The minimum absolute atomic E-state index is 0.0661. The summed E-state index contributed by atoms with van der Waals surface area (Å²) in [5, 5.41) is 14.3. The van der Waals surface area contributed by atoms with Crippen molar-refractivity contribution in [1.29, 1.82) is 0 Å². The zero-order valence-electron chi connectivity index (χ0n) is 15.4. The first kappa shape index (κ1) is 18.8. The highest BCUT2D eigenvalue weighted by atomic mass is 32.1. The lowest BCUT2D eigenvalue weighted by Gasteiger charge is -2.22. The van der Waals surface area contributed by atoms with Crippen molar-refractivity contribution < 1.29 is 9.59 Å². The SMILES string of the molecule is CNC(=O)CNCCNC(=O)c1cc2c(C)nn(C3CCCCC3)c2s1. The molecule has 0 unspecified atom stereocenters. The molecular formula is C18H27N5O2S. The average Bonchev–Trinajstić information content (AvgIpc) is 3.22. The minimum Gasteiger partial charge on any atom is -0.358 e. The van der Waals surface area contributed by atoms with Crippen LogP contribution in [0.25, 0.3) is 10.2 Å². The van der Waals surface area contributed by atoms with E-state index in [0.717, 1.165) is 20.8 Å². The van der Waals surface area contributed by atoms with E-state index in [1.165, 1.54) is 43.4 Å². The van der Waals surface area contributed by atoms with Crippen LogP contribution in [0.2, 0.25) is 0 Å². The van der Waals surface area contributed by atoms with Gasteiger partial charge in [-0.05, 0) is 25.8 Å². The third kappa shape index (κ3) is 4.24. The Hall–Kier alpha value is -1.93. The molecule has 142 valence electrons. The fourth-order valence-corrected chi connectivity index (χ4v) is 4.55. The Morgan fingerprint density at radius 3 is 2.77 bits per heavy atom. The molecule has 2 aromatic heterocycles. The van der Waals surface area contributed by atoms with Gasteiger partial charge in [0.1, 0.15) is 4.83 Å². The van der Waals surface area contributed by atoms with E-state index in [2.05, 4.69) is 20.6 Å². The quantitative estimate of drug-likeness (QED) is 0.644. The van der Waals surface area contributed by atoms with Crippen molar-refractivity contribution in [2.24, 2.45) is 0 Å². The summed E-state index contributed by atoms with van der Waals surface area (Å²) in [6, 6.07) is 2.41. The maximum atomic E-state index is 12.4. The lowest BCUT2D eigenvalue weighted by molar-refractivity contribution is -0.119. The zero-order chi connectivity index (χ0) is 18.5. The van der Waals surface area contributed by atoms with Crippen LogP contribution in [0.1, 0.15) is 53.5 Å². The van der Waals surface area contributed by atoms with Crippen molar-refractivity contribution in [3.8, 4) is 0 Å². The number of aryl methyl sites for hydroxylation is 1. The number of nitrogens with one attached hydrogen (secondary N) is 3. The van der Waals surface area contributed by atoms with Crippen LogP contribution < -0.4 is 16.0 Å². The van der Waals surface area contributed by atoms with Crippen LogP contribution in [0, 0.1) is 6.92 Å². The molecule has 0 bridgehead atoms. The second kappa shape index (κ2) is 8.64.